The quantitative estimate of drug-likeness (QED) is 0.895. The molecule has 0 aromatic carbocycles. The predicted molar refractivity (Wildman–Crippen MR) is 72.0 cm³/mol. The van der Waals surface area contributed by atoms with Gasteiger partial charge in [-0.2, -0.15) is 4.98 Å². The first-order valence-electron chi connectivity index (χ1n) is 6.16. The average molecular weight is 266 g/mol. The topological polar surface area (TPSA) is 59.5 Å². The van der Waals surface area contributed by atoms with Crippen molar-refractivity contribution in [3.8, 4) is 0 Å². The summed E-state index contributed by atoms with van der Waals surface area (Å²) < 4.78 is 1.72. The van der Waals surface area contributed by atoms with Crippen LogP contribution in [0.15, 0.2) is 18.3 Å². The Morgan fingerprint density at radius 2 is 2.33 bits per heavy atom. The van der Waals surface area contributed by atoms with Crippen molar-refractivity contribution in [1.82, 2.24) is 14.6 Å². The van der Waals surface area contributed by atoms with Crippen molar-refractivity contribution >= 4 is 23.2 Å². The SMILES string of the molecule is CC(N)C1CCN(c2nc3ccc(Cl)cn3n2)C1. The van der Waals surface area contributed by atoms with E-state index in [0.717, 1.165) is 31.1 Å². The number of nitrogens with two attached hydrogens (primary N) is 1. The number of halogens is 1. The molecule has 3 rings (SSSR count). The Bertz CT molecular complexity index is 565. The van der Waals surface area contributed by atoms with E-state index in [1.54, 1.807) is 10.7 Å². The van der Waals surface area contributed by atoms with E-state index in [0.29, 0.717) is 10.9 Å². The van der Waals surface area contributed by atoms with Gasteiger partial charge < -0.3 is 10.6 Å². The van der Waals surface area contributed by atoms with Crippen LogP contribution in [0.4, 0.5) is 5.95 Å². The molecular formula is C12H16ClN5. The molecule has 2 atom stereocenters. The molecule has 2 aromatic rings. The number of aromatic nitrogens is 3. The van der Waals surface area contributed by atoms with Crippen LogP contribution in [0.3, 0.4) is 0 Å². The van der Waals surface area contributed by atoms with Gasteiger partial charge in [-0.1, -0.05) is 11.6 Å². The molecule has 0 saturated carbocycles. The Kier molecular flexibility index (Phi) is 2.87. The Morgan fingerprint density at radius 1 is 1.50 bits per heavy atom. The van der Waals surface area contributed by atoms with Gasteiger partial charge in [0.2, 0.25) is 5.95 Å². The predicted octanol–water partition coefficient (Wildman–Crippen LogP) is 1.56. The fourth-order valence-electron chi connectivity index (χ4n) is 2.38. The van der Waals surface area contributed by atoms with Crippen molar-refractivity contribution in [3.63, 3.8) is 0 Å². The molecule has 0 amide bonds. The monoisotopic (exact) mass is 265 g/mol. The van der Waals surface area contributed by atoms with Gasteiger partial charge >= 0.3 is 0 Å². The normalized spacial score (nSPS) is 21.7. The molecule has 0 bridgehead atoms. The number of anilines is 1. The zero-order valence-corrected chi connectivity index (χ0v) is 11.0. The summed E-state index contributed by atoms with van der Waals surface area (Å²) in [5.41, 5.74) is 6.76. The van der Waals surface area contributed by atoms with E-state index in [1.165, 1.54) is 0 Å². The Morgan fingerprint density at radius 3 is 3.06 bits per heavy atom. The molecule has 1 aliphatic heterocycles. The number of rotatable bonds is 2. The lowest BCUT2D eigenvalue weighted by molar-refractivity contribution is 0.487. The number of nitrogens with zero attached hydrogens (tertiary/aromatic N) is 4. The second-order valence-corrected chi connectivity index (χ2v) is 5.35. The highest BCUT2D eigenvalue weighted by atomic mass is 35.5. The largest absolute Gasteiger partial charge is 0.339 e. The van der Waals surface area contributed by atoms with Crippen LogP contribution in [0.5, 0.6) is 0 Å². The minimum atomic E-state index is 0.224. The maximum absolute atomic E-state index is 5.94. The first-order valence-corrected chi connectivity index (χ1v) is 6.54. The molecule has 0 radical (unpaired) electrons. The van der Waals surface area contributed by atoms with Crippen molar-refractivity contribution in [2.24, 2.45) is 11.7 Å². The van der Waals surface area contributed by atoms with E-state index < -0.39 is 0 Å². The summed E-state index contributed by atoms with van der Waals surface area (Å²) in [4.78, 5) is 6.70. The van der Waals surface area contributed by atoms with Crippen LogP contribution in [0, 0.1) is 5.92 Å². The van der Waals surface area contributed by atoms with Crippen molar-refractivity contribution in [1.29, 1.82) is 0 Å². The van der Waals surface area contributed by atoms with E-state index in [2.05, 4.69) is 21.9 Å². The van der Waals surface area contributed by atoms with Crippen molar-refractivity contribution in [2.45, 2.75) is 19.4 Å². The highest BCUT2D eigenvalue weighted by Gasteiger charge is 2.27. The molecule has 0 spiro atoms. The third-order valence-corrected chi connectivity index (χ3v) is 3.76. The van der Waals surface area contributed by atoms with Gasteiger partial charge in [0.05, 0.1) is 5.02 Å². The van der Waals surface area contributed by atoms with E-state index in [1.807, 2.05) is 12.1 Å². The van der Waals surface area contributed by atoms with Crippen LogP contribution in [0.25, 0.3) is 5.65 Å². The van der Waals surface area contributed by atoms with Gasteiger partial charge in [-0.25, -0.2) is 4.52 Å². The molecule has 1 saturated heterocycles. The molecule has 2 N–H and O–H groups in total. The van der Waals surface area contributed by atoms with Crippen molar-refractivity contribution < 1.29 is 0 Å². The maximum atomic E-state index is 5.94. The van der Waals surface area contributed by atoms with Gasteiger partial charge in [0.25, 0.3) is 0 Å². The summed E-state index contributed by atoms with van der Waals surface area (Å²) in [7, 11) is 0. The standard InChI is InChI=1S/C12H16ClN5/c1-8(14)9-4-5-17(6-9)12-15-11-3-2-10(13)7-18(11)16-12/h2-3,7-9H,4-6,14H2,1H3. The van der Waals surface area contributed by atoms with Gasteiger partial charge in [0.15, 0.2) is 5.65 Å². The minimum absolute atomic E-state index is 0.224. The highest BCUT2D eigenvalue weighted by molar-refractivity contribution is 6.30. The van der Waals surface area contributed by atoms with Gasteiger partial charge in [-0.3, -0.25) is 0 Å². The van der Waals surface area contributed by atoms with Crippen LogP contribution in [0.2, 0.25) is 5.02 Å². The van der Waals surface area contributed by atoms with E-state index >= 15 is 0 Å². The molecule has 6 heteroatoms. The van der Waals surface area contributed by atoms with Crippen molar-refractivity contribution in [2.75, 3.05) is 18.0 Å². The molecule has 1 fully saturated rings. The average Bonchev–Trinajstić information content (AvgIpc) is 2.93. The van der Waals surface area contributed by atoms with Crippen LogP contribution >= 0.6 is 11.6 Å². The second-order valence-electron chi connectivity index (χ2n) is 4.92. The lowest BCUT2D eigenvalue weighted by Crippen LogP contribution is -2.30. The summed E-state index contributed by atoms with van der Waals surface area (Å²) in [6.07, 6.45) is 2.88. The fourth-order valence-corrected chi connectivity index (χ4v) is 2.53. The number of fused-ring (bicyclic) bond motifs is 1. The van der Waals surface area contributed by atoms with Crippen molar-refractivity contribution in [3.05, 3.63) is 23.4 Å². The second kappa shape index (κ2) is 4.40. The smallest absolute Gasteiger partial charge is 0.245 e. The van der Waals surface area contributed by atoms with E-state index in [9.17, 15) is 0 Å². The summed E-state index contributed by atoms with van der Waals surface area (Å²) >= 11 is 5.93. The molecule has 1 aliphatic rings. The molecule has 5 nitrogen and oxygen atoms in total. The Balaban J connectivity index is 1.87. The molecule has 2 aromatic heterocycles. The third kappa shape index (κ3) is 2.04. The maximum Gasteiger partial charge on any atom is 0.245 e. The lowest BCUT2D eigenvalue weighted by atomic mass is 10.0. The molecule has 3 heterocycles. The van der Waals surface area contributed by atoms with Crippen LogP contribution < -0.4 is 10.6 Å². The van der Waals surface area contributed by atoms with Gasteiger partial charge in [0.1, 0.15) is 0 Å². The lowest BCUT2D eigenvalue weighted by Gasteiger charge is -2.15. The zero-order chi connectivity index (χ0) is 12.7. The van der Waals surface area contributed by atoms with E-state index in [-0.39, 0.29) is 6.04 Å². The molecule has 18 heavy (non-hydrogen) atoms. The van der Waals surface area contributed by atoms with Crippen LogP contribution in [0.1, 0.15) is 13.3 Å². The summed E-state index contributed by atoms with van der Waals surface area (Å²) in [5, 5.41) is 5.12. The highest BCUT2D eigenvalue weighted by Crippen LogP contribution is 2.23. The van der Waals surface area contributed by atoms with Crippen LogP contribution in [-0.2, 0) is 0 Å². The minimum Gasteiger partial charge on any atom is -0.339 e. The van der Waals surface area contributed by atoms with Gasteiger partial charge in [-0.05, 0) is 31.4 Å². The van der Waals surface area contributed by atoms with Gasteiger partial charge in [0, 0.05) is 25.3 Å². The number of hydrogen-bond donors (Lipinski definition) is 1. The van der Waals surface area contributed by atoms with E-state index in [4.69, 9.17) is 17.3 Å². The summed E-state index contributed by atoms with van der Waals surface area (Å²) in [5.74, 6) is 1.29. The van der Waals surface area contributed by atoms with Crippen LogP contribution in [-0.4, -0.2) is 33.7 Å². The molecule has 96 valence electrons. The Hall–Kier alpha value is -1.33. The first-order chi connectivity index (χ1) is 8.63. The fraction of sp³-hybridized carbons (Fsp3) is 0.500. The first kappa shape index (κ1) is 11.7. The number of hydrogen-bond acceptors (Lipinski definition) is 4. The molecular weight excluding hydrogens is 250 g/mol. The number of pyridine rings is 1. The molecule has 0 aliphatic carbocycles. The molecule has 2 unspecified atom stereocenters. The third-order valence-electron chi connectivity index (χ3n) is 3.53. The zero-order valence-electron chi connectivity index (χ0n) is 10.3. The summed E-state index contributed by atoms with van der Waals surface area (Å²) in [6, 6.07) is 3.92. The van der Waals surface area contributed by atoms with Gasteiger partial charge in [-0.15, -0.1) is 5.10 Å². The Labute approximate surface area is 111 Å². The summed E-state index contributed by atoms with van der Waals surface area (Å²) in [6.45, 7) is 3.96.